The summed E-state index contributed by atoms with van der Waals surface area (Å²) in [5, 5.41) is 0. The van der Waals surface area contributed by atoms with Crippen molar-refractivity contribution in [2.45, 2.75) is 0 Å². The molecular formula is C20H14Mg3N4. The number of hydrogen-bond donors (Lipinski definition) is 2. The van der Waals surface area contributed by atoms with Crippen LogP contribution < -0.4 is 0 Å². The van der Waals surface area contributed by atoms with Crippen molar-refractivity contribution in [2.75, 3.05) is 0 Å². The van der Waals surface area contributed by atoms with E-state index < -0.39 is 0 Å². The Bertz CT molecular complexity index is 998. The molecule has 0 spiro atoms. The van der Waals surface area contributed by atoms with Crippen LogP contribution in [0.5, 0.6) is 0 Å². The SMILES string of the molecule is C1=Cc2cc3ccc(cc4nc(cc5ccc(cc1n2)[nH]5)C=C4)[nH]3.[Mg].[Mg].[Mg]. The first-order valence-electron chi connectivity index (χ1n) is 7.85. The molecule has 2 aliphatic rings. The second-order valence-corrected chi connectivity index (χ2v) is 5.91. The fraction of sp³-hybridized carbons (Fsp3) is 0. The fourth-order valence-corrected chi connectivity index (χ4v) is 2.94. The van der Waals surface area contributed by atoms with Crippen molar-refractivity contribution >= 4 is 116 Å². The van der Waals surface area contributed by atoms with Crippen molar-refractivity contribution < 1.29 is 0 Å². The molecule has 0 saturated heterocycles. The lowest BCUT2D eigenvalue weighted by molar-refractivity contribution is 1.31. The maximum absolute atomic E-state index is 4.63. The number of rotatable bonds is 0. The van der Waals surface area contributed by atoms with Crippen LogP contribution in [0.4, 0.5) is 0 Å². The Balaban J connectivity index is 0.000000871. The van der Waals surface area contributed by atoms with E-state index in [9.17, 15) is 0 Å². The molecule has 8 bridgehead atoms. The summed E-state index contributed by atoms with van der Waals surface area (Å²) in [7, 11) is 0. The summed E-state index contributed by atoms with van der Waals surface area (Å²) in [6, 6.07) is 16.4. The Kier molecular flexibility index (Phi) is 7.72. The third-order valence-corrected chi connectivity index (χ3v) is 4.04. The van der Waals surface area contributed by atoms with Crippen molar-refractivity contribution in [2.24, 2.45) is 0 Å². The Morgan fingerprint density at radius 1 is 0.444 bits per heavy atom. The number of nitrogens with zero attached hydrogens (tertiary/aromatic N) is 2. The van der Waals surface area contributed by atoms with Crippen LogP contribution in [0.2, 0.25) is 0 Å². The lowest BCUT2D eigenvalue weighted by Gasteiger charge is -1.85. The summed E-state index contributed by atoms with van der Waals surface area (Å²) in [6.07, 6.45) is 8.09. The molecule has 7 heteroatoms. The molecule has 3 aromatic heterocycles. The van der Waals surface area contributed by atoms with Crippen LogP contribution in [0.1, 0.15) is 22.8 Å². The minimum Gasteiger partial charge on any atom is -0.355 e. The molecule has 5 rings (SSSR count). The molecule has 0 aromatic carbocycles. The molecule has 0 atom stereocenters. The van der Waals surface area contributed by atoms with E-state index in [1.807, 2.05) is 48.6 Å². The zero-order valence-electron chi connectivity index (χ0n) is 14.9. The molecule has 0 aliphatic carbocycles. The Morgan fingerprint density at radius 2 is 0.704 bits per heavy atom. The molecule has 3 aromatic rings. The minimum absolute atomic E-state index is 0. The van der Waals surface area contributed by atoms with E-state index in [0.29, 0.717) is 0 Å². The first-order valence-corrected chi connectivity index (χ1v) is 7.85. The number of nitrogens with one attached hydrogen (secondary N) is 2. The van der Waals surface area contributed by atoms with Gasteiger partial charge in [-0.2, -0.15) is 0 Å². The minimum atomic E-state index is 0. The number of H-pyrrole nitrogens is 2. The van der Waals surface area contributed by atoms with Crippen LogP contribution in [-0.2, 0) is 0 Å². The molecule has 4 nitrogen and oxygen atoms in total. The van der Waals surface area contributed by atoms with Crippen molar-refractivity contribution in [1.82, 2.24) is 19.9 Å². The Hall–Kier alpha value is -1.10. The zero-order valence-corrected chi connectivity index (χ0v) is 19.2. The molecule has 120 valence electrons. The Labute approximate surface area is 205 Å². The van der Waals surface area contributed by atoms with Gasteiger partial charge in [0.2, 0.25) is 0 Å². The van der Waals surface area contributed by atoms with E-state index in [0.717, 1.165) is 44.8 Å². The second-order valence-electron chi connectivity index (χ2n) is 5.91. The molecule has 27 heavy (non-hydrogen) atoms. The number of aromatic amines is 2. The third kappa shape index (κ3) is 5.04. The van der Waals surface area contributed by atoms with Crippen LogP contribution in [0, 0.1) is 0 Å². The van der Waals surface area contributed by atoms with Crippen molar-refractivity contribution in [1.29, 1.82) is 0 Å². The molecule has 0 saturated carbocycles. The van der Waals surface area contributed by atoms with Gasteiger partial charge in [-0.15, -0.1) is 0 Å². The first-order chi connectivity index (χ1) is 11.8. The number of fused-ring (bicyclic) bond motifs is 8. The second kappa shape index (κ2) is 9.40. The lowest BCUT2D eigenvalue weighted by atomic mass is 10.3. The van der Waals surface area contributed by atoms with Gasteiger partial charge in [-0.3, -0.25) is 0 Å². The molecule has 5 heterocycles. The summed E-state index contributed by atoms with van der Waals surface area (Å²) in [6.45, 7) is 0. The van der Waals surface area contributed by atoms with E-state index in [-0.39, 0.29) is 69.2 Å². The number of hydrogen-bond acceptors (Lipinski definition) is 2. The first kappa shape index (κ1) is 22.2. The summed E-state index contributed by atoms with van der Waals surface area (Å²) < 4.78 is 0. The standard InChI is InChI=1S/C20H14N4.3Mg/c1-2-14-10-16-5-6-18(23-16)12-20-8-7-19(24-20)11-17-4-3-15(22-17)9-13(1)21-14;;;/h1-12,21,24H;;;. The third-order valence-electron chi connectivity index (χ3n) is 4.04. The van der Waals surface area contributed by atoms with Gasteiger partial charge in [-0.25, -0.2) is 9.97 Å². The average molecular weight is 383 g/mol. The normalized spacial score (nSPS) is 11.3. The highest BCUT2D eigenvalue weighted by Gasteiger charge is 2.00. The van der Waals surface area contributed by atoms with Gasteiger partial charge in [0, 0.05) is 91.2 Å². The highest BCUT2D eigenvalue weighted by molar-refractivity contribution is 5.77. The van der Waals surface area contributed by atoms with Crippen molar-refractivity contribution in [3.05, 3.63) is 71.3 Å². The smallest absolute Gasteiger partial charge is 0.0658 e. The monoisotopic (exact) mass is 382 g/mol. The highest BCUT2D eigenvalue weighted by Crippen LogP contribution is 2.16. The van der Waals surface area contributed by atoms with E-state index in [1.54, 1.807) is 0 Å². The maximum atomic E-state index is 4.63. The van der Waals surface area contributed by atoms with Crippen molar-refractivity contribution in [3.8, 4) is 0 Å². The van der Waals surface area contributed by atoms with Gasteiger partial charge in [-0.1, -0.05) is 0 Å². The van der Waals surface area contributed by atoms with E-state index in [4.69, 9.17) is 0 Å². The maximum Gasteiger partial charge on any atom is 0.0658 e. The van der Waals surface area contributed by atoms with Crippen LogP contribution in [-0.4, -0.2) is 89.1 Å². The van der Waals surface area contributed by atoms with E-state index in [2.05, 4.69) is 44.2 Å². The summed E-state index contributed by atoms with van der Waals surface area (Å²) in [5.74, 6) is 0. The molecule has 0 fully saturated rings. The van der Waals surface area contributed by atoms with Crippen LogP contribution in [0.3, 0.4) is 0 Å². The van der Waals surface area contributed by atoms with E-state index in [1.165, 1.54) is 0 Å². The van der Waals surface area contributed by atoms with Crippen LogP contribution >= 0.6 is 0 Å². The average Bonchev–Trinajstić information content (AvgIpc) is 3.32. The molecule has 0 unspecified atom stereocenters. The fourth-order valence-electron chi connectivity index (χ4n) is 2.94. The molecule has 2 N–H and O–H groups in total. The lowest BCUT2D eigenvalue weighted by Crippen LogP contribution is -1.75. The largest absolute Gasteiger partial charge is 0.355 e. The van der Waals surface area contributed by atoms with Crippen LogP contribution in [0.25, 0.3) is 46.4 Å². The molecule has 6 radical (unpaired) electrons. The zero-order chi connectivity index (χ0) is 15.9. The molecular weight excluding hydrogens is 369 g/mol. The highest BCUT2D eigenvalue weighted by atomic mass is 24.3. The van der Waals surface area contributed by atoms with Gasteiger partial charge < -0.3 is 9.97 Å². The summed E-state index contributed by atoms with van der Waals surface area (Å²) in [4.78, 5) is 16.0. The van der Waals surface area contributed by atoms with E-state index >= 15 is 0 Å². The van der Waals surface area contributed by atoms with Gasteiger partial charge in [0.1, 0.15) is 0 Å². The predicted octanol–water partition coefficient (Wildman–Crippen LogP) is 3.51. The van der Waals surface area contributed by atoms with Crippen molar-refractivity contribution in [3.63, 3.8) is 0 Å². The van der Waals surface area contributed by atoms with Crippen LogP contribution in [0.15, 0.2) is 48.5 Å². The predicted molar refractivity (Wildman–Crippen MR) is 116 cm³/mol. The topological polar surface area (TPSA) is 57.4 Å². The molecule has 2 aliphatic heterocycles. The van der Waals surface area contributed by atoms with Gasteiger partial charge in [0.25, 0.3) is 0 Å². The summed E-state index contributed by atoms with van der Waals surface area (Å²) >= 11 is 0. The number of aromatic nitrogens is 4. The quantitative estimate of drug-likeness (QED) is 0.402. The summed E-state index contributed by atoms with van der Waals surface area (Å²) in [5.41, 5.74) is 7.86. The Morgan fingerprint density at radius 3 is 0.963 bits per heavy atom. The van der Waals surface area contributed by atoms with Gasteiger partial charge in [0.05, 0.1) is 22.8 Å². The van der Waals surface area contributed by atoms with Gasteiger partial charge in [0.15, 0.2) is 0 Å². The van der Waals surface area contributed by atoms with Gasteiger partial charge >= 0.3 is 0 Å². The molecule has 0 amide bonds. The van der Waals surface area contributed by atoms with Gasteiger partial charge in [-0.05, 0) is 72.8 Å².